The Balaban J connectivity index is 1.95. The van der Waals surface area contributed by atoms with Gasteiger partial charge >= 0.3 is 0 Å². The monoisotopic (exact) mass is 267 g/mol. The second-order valence-electron chi connectivity index (χ2n) is 6.02. The van der Waals surface area contributed by atoms with E-state index in [0.29, 0.717) is 11.8 Å². The van der Waals surface area contributed by atoms with Crippen LogP contribution in [0.3, 0.4) is 0 Å². The molecule has 3 N–H and O–H groups in total. The van der Waals surface area contributed by atoms with Gasteiger partial charge in [0.05, 0.1) is 5.92 Å². The molecule has 1 aliphatic carbocycles. The zero-order valence-corrected chi connectivity index (χ0v) is 11.8. The Morgan fingerprint density at radius 3 is 2.37 bits per heavy atom. The van der Waals surface area contributed by atoms with Gasteiger partial charge in [0.15, 0.2) is 5.84 Å². The number of carbonyl (C=O) groups excluding carboxylic acids is 1. The van der Waals surface area contributed by atoms with E-state index < -0.39 is 5.92 Å². The van der Waals surface area contributed by atoms with Crippen molar-refractivity contribution in [1.29, 1.82) is 0 Å². The predicted molar refractivity (Wildman–Crippen MR) is 73.9 cm³/mol. The minimum Gasteiger partial charge on any atom is -0.409 e. The van der Waals surface area contributed by atoms with Crippen molar-refractivity contribution < 1.29 is 10.0 Å². The van der Waals surface area contributed by atoms with Crippen LogP contribution < -0.4 is 5.73 Å². The number of carbonyl (C=O) groups is 1. The summed E-state index contributed by atoms with van der Waals surface area (Å²) in [7, 11) is 0. The molecule has 1 saturated heterocycles. The van der Waals surface area contributed by atoms with Crippen molar-refractivity contribution in [3.63, 3.8) is 0 Å². The number of piperidine rings is 1. The maximum absolute atomic E-state index is 12.4. The molecule has 2 fully saturated rings. The molecule has 0 aromatic heterocycles. The highest BCUT2D eigenvalue weighted by Crippen LogP contribution is 2.46. The number of rotatable bonds is 3. The molecule has 1 unspecified atom stereocenters. The van der Waals surface area contributed by atoms with Gasteiger partial charge in [-0.15, -0.1) is 0 Å². The average Bonchev–Trinajstić information content (AvgIpc) is 2.88. The number of nitrogens with two attached hydrogens (primary N) is 1. The second-order valence-corrected chi connectivity index (χ2v) is 6.02. The molecule has 19 heavy (non-hydrogen) atoms. The van der Waals surface area contributed by atoms with Gasteiger partial charge in [-0.2, -0.15) is 0 Å². The molecule has 0 aromatic carbocycles. The summed E-state index contributed by atoms with van der Waals surface area (Å²) in [5, 5.41) is 11.7. The van der Waals surface area contributed by atoms with Gasteiger partial charge in [0.25, 0.3) is 0 Å². The Hall–Kier alpha value is -1.26. The van der Waals surface area contributed by atoms with Gasteiger partial charge in [0.1, 0.15) is 0 Å². The highest BCUT2D eigenvalue weighted by atomic mass is 16.4. The SMILES string of the molecule is CCC(C(=O)N1CCC2(CCCC2)CC1)C(N)=NO. The topological polar surface area (TPSA) is 78.9 Å². The highest BCUT2D eigenvalue weighted by molar-refractivity contribution is 6.02. The number of likely N-dealkylation sites (tertiary alicyclic amines) is 1. The Bertz CT molecular complexity index is 352. The predicted octanol–water partition coefficient (Wildman–Crippen LogP) is 1.94. The summed E-state index contributed by atoms with van der Waals surface area (Å²) in [5.41, 5.74) is 6.11. The number of nitrogens with zero attached hydrogens (tertiary/aromatic N) is 2. The van der Waals surface area contributed by atoms with Crippen LogP contribution in [0.1, 0.15) is 51.9 Å². The van der Waals surface area contributed by atoms with Crippen molar-refractivity contribution in [2.75, 3.05) is 13.1 Å². The van der Waals surface area contributed by atoms with Crippen LogP contribution in [0.5, 0.6) is 0 Å². The summed E-state index contributed by atoms with van der Waals surface area (Å²) in [6.07, 6.45) is 8.15. The van der Waals surface area contributed by atoms with Crippen molar-refractivity contribution in [2.24, 2.45) is 22.2 Å². The molecule has 0 bridgehead atoms. The summed E-state index contributed by atoms with van der Waals surface area (Å²) in [4.78, 5) is 14.3. The molecule has 1 aliphatic heterocycles. The van der Waals surface area contributed by atoms with E-state index in [4.69, 9.17) is 10.9 Å². The van der Waals surface area contributed by atoms with Gasteiger partial charge in [-0.1, -0.05) is 24.9 Å². The minimum atomic E-state index is -0.470. The molecule has 2 rings (SSSR count). The minimum absolute atomic E-state index is 0.0191. The van der Waals surface area contributed by atoms with Crippen LogP contribution in [-0.2, 0) is 4.79 Å². The van der Waals surface area contributed by atoms with Crippen molar-refractivity contribution >= 4 is 11.7 Å². The lowest BCUT2D eigenvalue weighted by atomic mass is 9.77. The van der Waals surface area contributed by atoms with E-state index in [1.165, 1.54) is 25.7 Å². The lowest BCUT2D eigenvalue weighted by molar-refractivity contribution is -0.135. The van der Waals surface area contributed by atoms with Crippen LogP contribution in [0.25, 0.3) is 0 Å². The molecular weight excluding hydrogens is 242 g/mol. The lowest BCUT2D eigenvalue weighted by Gasteiger charge is -2.40. The van der Waals surface area contributed by atoms with Crippen molar-refractivity contribution in [1.82, 2.24) is 4.90 Å². The lowest BCUT2D eigenvalue weighted by Crippen LogP contribution is -2.47. The summed E-state index contributed by atoms with van der Waals surface area (Å²) in [5.74, 6) is -0.415. The first-order chi connectivity index (χ1) is 9.12. The molecule has 0 radical (unpaired) electrons. The summed E-state index contributed by atoms with van der Waals surface area (Å²) >= 11 is 0. The van der Waals surface area contributed by atoms with E-state index in [2.05, 4.69) is 5.16 Å². The fourth-order valence-electron chi connectivity index (χ4n) is 3.63. The third kappa shape index (κ3) is 2.85. The Kier molecular flexibility index (Phi) is 4.32. The average molecular weight is 267 g/mol. The smallest absolute Gasteiger partial charge is 0.233 e. The van der Waals surface area contributed by atoms with Crippen LogP contribution in [-0.4, -0.2) is 34.9 Å². The normalized spacial score (nSPS) is 24.7. The van der Waals surface area contributed by atoms with Gasteiger partial charge in [-0.25, -0.2) is 0 Å². The first kappa shape index (κ1) is 14.2. The maximum Gasteiger partial charge on any atom is 0.233 e. The van der Waals surface area contributed by atoms with Crippen LogP contribution in [0.4, 0.5) is 0 Å². The van der Waals surface area contributed by atoms with Crippen LogP contribution in [0.2, 0.25) is 0 Å². The van der Waals surface area contributed by atoms with E-state index >= 15 is 0 Å². The molecule has 1 spiro atoms. The van der Waals surface area contributed by atoms with Gasteiger partial charge in [-0.05, 0) is 37.5 Å². The fourth-order valence-corrected chi connectivity index (χ4v) is 3.63. The number of amides is 1. The zero-order valence-electron chi connectivity index (χ0n) is 11.8. The quantitative estimate of drug-likeness (QED) is 0.355. The van der Waals surface area contributed by atoms with Crippen molar-refractivity contribution in [3.8, 4) is 0 Å². The molecule has 1 atom stereocenters. The van der Waals surface area contributed by atoms with E-state index in [0.717, 1.165) is 25.9 Å². The summed E-state index contributed by atoms with van der Waals surface area (Å²) in [6, 6.07) is 0. The van der Waals surface area contributed by atoms with E-state index in [-0.39, 0.29) is 11.7 Å². The molecular formula is C14H25N3O2. The molecule has 5 nitrogen and oxygen atoms in total. The zero-order chi connectivity index (χ0) is 13.9. The molecule has 0 aromatic rings. The number of amidine groups is 1. The van der Waals surface area contributed by atoms with Crippen molar-refractivity contribution in [3.05, 3.63) is 0 Å². The third-order valence-corrected chi connectivity index (χ3v) is 4.98. The van der Waals surface area contributed by atoms with E-state index in [1.54, 1.807) is 0 Å². The number of hydrogen-bond donors (Lipinski definition) is 2. The Morgan fingerprint density at radius 2 is 1.89 bits per heavy atom. The van der Waals surface area contributed by atoms with Crippen molar-refractivity contribution in [2.45, 2.75) is 51.9 Å². The highest BCUT2D eigenvalue weighted by Gasteiger charge is 2.39. The van der Waals surface area contributed by atoms with Gasteiger partial charge in [0, 0.05) is 13.1 Å². The Morgan fingerprint density at radius 1 is 1.32 bits per heavy atom. The summed E-state index contributed by atoms with van der Waals surface area (Å²) < 4.78 is 0. The molecule has 108 valence electrons. The third-order valence-electron chi connectivity index (χ3n) is 4.98. The second kappa shape index (κ2) is 5.80. The fraction of sp³-hybridized carbons (Fsp3) is 0.857. The molecule has 5 heteroatoms. The molecule has 1 amide bonds. The molecule has 1 heterocycles. The van der Waals surface area contributed by atoms with Gasteiger partial charge in [-0.3, -0.25) is 4.79 Å². The number of oxime groups is 1. The first-order valence-electron chi connectivity index (χ1n) is 7.38. The molecule has 1 saturated carbocycles. The number of hydrogen-bond acceptors (Lipinski definition) is 3. The largest absolute Gasteiger partial charge is 0.409 e. The first-order valence-corrected chi connectivity index (χ1v) is 7.38. The summed E-state index contributed by atoms with van der Waals surface area (Å²) in [6.45, 7) is 3.55. The van der Waals surface area contributed by atoms with Crippen LogP contribution >= 0.6 is 0 Å². The maximum atomic E-state index is 12.4. The van der Waals surface area contributed by atoms with E-state index in [9.17, 15) is 4.79 Å². The van der Waals surface area contributed by atoms with Crippen LogP contribution in [0, 0.1) is 11.3 Å². The van der Waals surface area contributed by atoms with Gasteiger partial charge < -0.3 is 15.8 Å². The molecule has 2 aliphatic rings. The Labute approximate surface area is 114 Å². The standard InChI is InChI=1S/C14H25N3O2/c1-2-11(12(15)16-19)13(18)17-9-7-14(8-10-17)5-3-4-6-14/h11,19H,2-10H2,1H3,(H2,15,16). The van der Waals surface area contributed by atoms with E-state index in [1.807, 2.05) is 11.8 Å². The van der Waals surface area contributed by atoms with Gasteiger partial charge in [0.2, 0.25) is 5.91 Å². The van der Waals surface area contributed by atoms with Crippen LogP contribution in [0.15, 0.2) is 5.16 Å².